The highest BCUT2D eigenvalue weighted by Crippen LogP contribution is 2.21. The topological polar surface area (TPSA) is 32.3 Å². The average molecular weight is 153 g/mol. The van der Waals surface area contributed by atoms with Crippen LogP contribution >= 0.6 is 0 Å². The Labute approximate surface area is 67.6 Å². The molecule has 1 aliphatic rings. The number of nitrogens with one attached hydrogen (secondary N) is 1. The molecule has 2 N–H and O–H groups in total. The molecule has 0 aliphatic carbocycles. The number of rotatable bonds is 1. The first-order valence-electron chi connectivity index (χ1n) is 3.94. The Kier molecular flexibility index (Phi) is 2.22. The van der Waals surface area contributed by atoms with E-state index in [4.69, 9.17) is 0 Å². The molecular formula is C9H15NO. The number of aliphatic hydroxyl groups excluding tert-OH is 1. The molecule has 11 heavy (non-hydrogen) atoms. The van der Waals surface area contributed by atoms with Crippen molar-refractivity contribution in [1.82, 2.24) is 5.32 Å². The molecule has 1 atom stereocenters. The molecule has 0 saturated heterocycles. The van der Waals surface area contributed by atoms with E-state index < -0.39 is 0 Å². The second-order valence-electron chi connectivity index (χ2n) is 3.33. The summed E-state index contributed by atoms with van der Waals surface area (Å²) in [5.41, 5.74) is 0.805. The molecule has 0 aromatic carbocycles. The highest BCUT2D eigenvalue weighted by Gasteiger charge is 2.20. The zero-order valence-corrected chi connectivity index (χ0v) is 7.09. The van der Waals surface area contributed by atoms with E-state index in [0.717, 1.165) is 12.2 Å². The Morgan fingerprint density at radius 3 is 2.82 bits per heavy atom. The van der Waals surface area contributed by atoms with Crippen LogP contribution in [0.1, 0.15) is 13.8 Å². The summed E-state index contributed by atoms with van der Waals surface area (Å²) >= 11 is 0. The summed E-state index contributed by atoms with van der Waals surface area (Å²) in [6.45, 7) is 8.72. The molecule has 1 heterocycles. The van der Waals surface area contributed by atoms with Gasteiger partial charge in [-0.1, -0.05) is 20.4 Å². The lowest BCUT2D eigenvalue weighted by molar-refractivity contribution is 0.269. The fraction of sp³-hybridized carbons (Fsp3) is 0.556. The maximum Gasteiger partial charge on any atom is 0.0993 e. The van der Waals surface area contributed by atoms with E-state index >= 15 is 0 Å². The molecule has 0 fully saturated rings. The van der Waals surface area contributed by atoms with E-state index in [9.17, 15) is 5.11 Å². The van der Waals surface area contributed by atoms with Crippen molar-refractivity contribution in [1.29, 1.82) is 0 Å². The fourth-order valence-electron chi connectivity index (χ4n) is 1.26. The molecular weight excluding hydrogens is 138 g/mol. The van der Waals surface area contributed by atoms with Gasteiger partial charge in [-0.15, -0.1) is 0 Å². The quantitative estimate of drug-likeness (QED) is 0.602. The smallest absolute Gasteiger partial charge is 0.0993 e. The van der Waals surface area contributed by atoms with Gasteiger partial charge in [0.15, 0.2) is 0 Å². The molecule has 1 unspecified atom stereocenters. The van der Waals surface area contributed by atoms with Gasteiger partial charge in [-0.05, 0) is 12.0 Å². The molecule has 0 spiro atoms. The van der Waals surface area contributed by atoms with Crippen LogP contribution in [-0.2, 0) is 0 Å². The lowest BCUT2D eigenvalue weighted by atomic mass is 9.91. The van der Waals surface area contributed by atoms with Crippen molar-refractivity contribution in [2.75, 3.05) is 6.54 Å². The molecule has 0 amide bonds. The van der Waals surface area contributed by atoms with Crippen molar-refractivity contribution in [2.24, 2.45) is 11.8 Å². The summed E-state index contributed by atoms with van der Waals surface area (Å²) in [7, 11) is 0. The molecule has 1 aliphatic heterocycles. The third-order valence-corrected chi connectivity index (χ3v) is 2.06. The van der Waals surface area contributed by atoms with E-state index in [0.29, 0.717) is 11.7 Å². The predicted molar refractivity (Wildman–Crippen MR) is 46.2 cm³/mol. The minimum atomic E-state index is 0.250. The van der Waals surface area contributed by atoms with Gasteiger partial charge in [0, 0.05) is 18.2 Å². The van der Waals surface area contributed by atoms with Gasteiger partial charge in [0.25, 0.3) is 0 Å². The number of hydrogen-bond acceptors (Lipinski definition) is 2. The maximum atomic E-state index is 9.47. The average Bonchev–Trinajstić information content (AvgIpc) is 1.85. The van der Waals surface area contributed by atoms with Crippen molar-refractivity contribution < 1.29 is 5.11 Å². The van der Waals surface area contributed by atoms with Gasteiger partial charge in [0.2, 0.25) is 0 Å². The first kappa shape index (κ1) is 8.18. The van der Waals surface area contributed by atoms with Gasteiger partial charge in [-0.3, -0.25) is 0 Å². The van der Waals surface area contributed by atoms with Crippen LogP contribution in [0.25, 0.3) is 0 Å². The van der Waals surface area contributed by atoms with Crippen molar-refractivity contribution >= 4 is 0 Å². The van der Waals surface area contributed by atoms with Crippen LogP contribution in [0.5, 0.6) is 0 Å². The fourth-order valence-corrected chi connectivity index (χ4v) is 1.26. The van der Waals surface area contributed by atoms with E-state index in [2.05, 4.69) is 25.7 Å². The molecule has 0 radical (unpaired) electrons. The molecule has 2 heteroatoms. The standard InChI is InChI=1S/C9H15NO/c1-6(2)8-5-10-7(3)4-9(8)11/h4,6,8,10-11H,3,5H2,1-2H3. The van der Waals surface area contributed by atoms with Crippen LogP contribution in [0.15, 0.2) is 24.1 Å². The van der Waals surface area contributed by atoms with Gasteiger partial charge < -0.3 is 10.4 Å². The Balaban J connectivity index is 2.72. The van der Waals surface area contributed by atoms with Crippen LogP contribution in [0.4, 0.5) is 0 Å². The van der Waals surface area contributed by atoms with Crippen molar-refractivity contribution in [3.8, 4) is 0 Å². The first-order chi connectivity index (χ1) is 5.11. The summed E-state index contributed by atoms with van der Waals surface area (Å²) in [5.74, 6) is 1.19. The number of aliphatic hydroxyl groups is 1. The Bertz CT molecular complexity index is 194. The zero-order chi connectivity index (χ0) is 8.43. The summed E-state index contributed by atoms with van der Waals surface area (Å²) in [5, 5.41) is 12.6. The van der Waals surface area contributed by atoms with Crippen LogP contribution in [0, 0.1) is 11.8 Å². The molecule has 0 aromatic heterocycles. The molecule has 62 valence electrons. The predicted octanol–water partition coefficient (Wildman–Crippen LogP) is 1.82. The van der Waals surface area contributed by atoms with Gasteiger partial charge >= 0.3 is 0 Å². The van der Waals surface area contributed by atoms with Gasteiger partial charge in [-0.25, -0.2) is 0 Å². The normalized spacial score (nSPS) is 24.8. The second-order valence-corrected chi connectivity index (χ2v) is 3.33. The third kappa shape index (κ3) is 1.76. The Hall–Kier alpha value is -0.920. The monoisotopic (exact) mass is 153 g/mol. The van der Waals surface area contributed by atoms with E-state index in [1.807, 2.05) is 0 Å². The van der Waals surface area contributed by atoms with Gasteiger partial charge in [-0.2, -0.15) is 0 Å². The van der Waals surface area contributed by atoms with Crippen LogP contribution < -0.4 is 5.32 Å². The molecule has 0 bridgehead atoms. The summed E-state index contributed by atoms with van der Waals surface area (Å²) in [4.78, 5) is 0. The lowest BCUT2D eigenvalue weighted by Crippen LogP contribution is -2.30. The minimum absolute atomic E-state index is 0.250. The molecule has 1 rings (SSSR count). The lowest BCUT2D eigenvalue weighted by Gasteiger charge is -2.25. The van der Waals surface area contributed by atoms with Gasteiger partial charge in [0.05, 0.1) is 5.76 Å². The minimum Gasteiger partial charge on any atom is -0.512 e. The summed E-state index contributed by atoms with van der Waals surface area (Å²) < 4.78 is 0. The molecule has 0 saturated carbocycles. The number of allylic oxidation sites excluding steroid dienone is 1. The van der Waals surface area contributed by atoms with E-state index in [1.54, 1.807) is 6.08 Å². The maximum absolute atomic E-state index is 9.47. The molecule has 0 aromatic rings. The van der Waals surface area contributed by atoms with E-state index in [-0.39, 0.29) is 5.92 Å². The SMILES string of the molecule is C=C1C=C(O)C(C(C)C)CN1. The van der Waals surface area contributed by atoms with Gasteiger partial charge in [0.1, 0.15) is 0 Å². The zero-order valence-electron chi connectivity index (χ0n) is 7.09. The van der Waals surface area contributed by atoms with Crippen LogP contribution in [0.3, 0.4) is 0 Å². The highest BCUT2D eigenvalue weighted by molar-refractivity contribution is 5.21. The molecule has 2 nitrogen and oxygen atoms in total. The summed E-state index contributed by atoms with van der Waals surface area (Å²) in [6, 6.07) is 0. The van der Waals surface area contributed by atoms with Crippen LogP contribution in [-0.4, -0.2) is 11.7 Å². The van der Waals surface area contributed by atoms with Crippen LogP contribution in [0.2, 0.25) is 0 Å². The van der Waals surface area contributed by atoms with Crippen molar-refractivity contribution in [3.63, 3.8) is 0 Å². The number of hydrogen-bond donors (Lipinski definition) is 2. The van der Waals surface area contributed by atoms with E-state index in [1.165, 1.54) is 0 Å². The first-order valence-corrected chi connectivity index (χ1v) is 3.94. The largest absolute Gasteiger partial charge is 0.512 e. The highest BCUT2D eigenvalue weighted by atomic mass is 16.3. The van der Waals surface area contributed by atoms with Crippen molar-refractivity contribution in [2.45, 2.75) is 13.8 Å². The summed E-state index contributed by atoms with van der Waals surface area (Å²) in [6.07, 6.45) is 1.70. The third-order valence-electron chi connectivity index (χ3n) is 2.06. The Morgan fingerprint density at radius 2 is 2.36 bits per heavy atom. The second kappa shape index (κ2) is 2.99. The van der Waals surface area contributed by atoms with Crippen molar-refractivity contribution in [3.05, 3.63) is 24.1 Å². The Morgan fingerprint density at radius 1 is 1.73 bits per heavy atom.